The molecule has 0 bridgehead atoms. The lowest BCUT2D eigenvalue weighted by Gasteiger charge is -2.28. The molecule has 1 aliphatic carbocycles. The molecule has 240 valence electrons. The molecular formula is C29H26ClF4N9O3. The highest BCUT2D eigenvalue weighted by Crippen LogP contribution is 2.37. The molecule has 46 heavy (non-hydrogen) atoms. The zero-order chi connectivity index (χ0) is 32.7. The molecule has 3 heterocycles. The monoisotopic (exact) mass is 659 g/mol. The van der Waals surface area contributed by atoms with Gasteiger partial charge in [-0.1, -0.05) is 41.9 Å². The Morgan fingerprint density at radius 2 is 1.83 bits per heavy atom. The zero-order valence-corrected chi connectivity index (χ0v) is 24.8. The number of hydrogen-bond donors (Lipinski definition) is 2. The normalized spacial score (nSPS) is 17.8. The fourth-order valence-electron chi connectivity index (χ4n) is 4.96. The van der Waals surface area contributed by atoms with E-state index >= 15 is 0 Å². The van der Waals surface area contributed by atoms with Gasteiger partial charge in [0.15, 0.2) is 17.8 Å². The zero-order valence-electron chi connectivity index (χ0n) is 24.0. The molecule has 1 fully saturated rings. The van der Waals surface area contributed by atoms with E-state index in [4.69, 9.17) is 22.1 Å². The lowest BCUT2D eigenvalue weighted by Crippen LogP contribution is -2.44. The van der Waals surface area contributed by atoms with E-state index in [0.717, 1.165) is 19.2 Å². The number of nitrogens with two attached hydrogens (primary N) is 1. The average Bonchev–Trinajstić information content (AvgIpc) is 3.41. The van der Waals surface area contributed by atoms with Crippen molar-refractivity contribution in [2.75, 3.05) is 6.61 Å². The lowest BCUT2D eigenvalue weighted by molar-refractivity contribution is -0.129. The molecule has 17 heteroatoms. The number of halogens is 5. The Hall–Kier alpha value is -4.99. The van der Waals surface area contributed by atoms with Crippen molar-refractivity contribution >= 4 is 29.6 Å². The van der Waals surface area contributed by atoms with Crippen molar-refractivity contribution < 1.29 is 31.9 Å². The number of carbonyl (C=O) groups is 2. The number of benzene rings is 2. The van der Waals surface area contributed by atoms with Crippen molar-refractivity contribution in [1.29, 1.82) is 0 Å². The van der Waals surface area contributed by atoms with Crippen LogP contribution in [-0.4, -0.2) is 59.6 Å². The molecule has 2 atom stereocenters. The Morgan fingerprint density at radius 3 is 2.46 bits per heavy atom. The molecule has 2 aromatic heterocycles. The van der Waals surface area contributed by atoms with Crippen LogP contribution < -0.4 is 11.1 Å². The van der Waals surface area contributed by atoms with Gasteiger partial charge in [-0.25, -0.2) is 19.5 Å². The molecule has 0 saturated heterocycles. The number of nitrogens with zero attached hydrogens (tertiary/aromatic N) is 7. The van der Waals surface area contributed by atoms with Crippen molar-refractivity contribution in [2.45, 2.75) is 50.5 Å². The molecular weight excluding hydrogens is 634 g/mol. The van der Waals surface area contributed by atoms with Crippen LogP contribution in [0.25, 0.3) is 22.5 Å². The van der Waals surface area contributed by atoms with Crippen molar-refractivity contribution in [3.8, 4) is 22.5 Å². The summed E-state index contributed by atoms with van der Waals surface area (Å²) in [5.74, 6) is -0.773. The summed E-state index contributed by atoms with van der Waals surface area (Å²) < 4.78 is 58.7. The van der Waals surface area contributed by atoms with Gasteiger partial charge in [0.2, 0.25) is 0 Å². The second-order valence-electron chi connectivity index (χ2n) is 11.1. The summed E-state index contributed by atoms with van der Waals surface area (Å²) in [6.45, 7) is -4.17. The van der Waals surface area contributed by atoms with Crippen LogP contribution in [0.5, 0.6) is 0 Å². The van der Waals surface area contributed by atoms with E-state index in [0.29, 0.717) is 31.6 Å². The van der Waals surface area contributed by atoms with E-state index < -0.39 is 37.2 Å². The van der Waals surface area contributed by atoms with Gasteiger partial charge in [0.1, 0.15) is 12.9 Å². The minimum atomic E-state index is -2.92. The summed E-state index contributed by atoms with van der Waals surface area (Å²) in [7, 11) is 0. The van der Waals surface area contributed by atoms with Gasteiger partial charge in [-0.15, -0.1) is 5.10 Å². The van der Waals surface area contributed by atoms with Gasteiger partial charge in [-0.3, -0.25) is 9.69 Å². The third kappa shape index (κ3) is 6.24. The number of ether oxygens (including phenoxy) is 1. The Balaban J connectivity index is 1.29. The highest BCUT2D eigenvalue weighted by molar-refractivity contribution is 6.33. The molecule has 12 nitrogen and oxygen atoms in total. The number of carbonyl (C=O) groups excluding carboxylic acids is 2. The topological polar surface area (TPSA) is 146 Å². The Kier molecular flexibility index (Phi) is 8.14. The number of alkyl halides is 4. The molecule has 2 aromatic carbocycles. The summed E-state index contributed by atoms with van der Waals surface area (Å²) in [6.07, 6.45) is 4.27. The fraction of sp³-hybridized carbons (Fsp3) is 0.310. The maximum Gasteiger partial charge on any atom is 0.407 e. The quantitative estimate of drug-likeness (QED) is 0.215. The van der Waals surface area contributed by atoms with Gasteiger partial charge >= 0.3 is 19.2 Å². The second-order valence-corrected chi connectivity index (χ2v) is 11.5. The van der Waals surface area contributed by atoms with Crippen LogP contribution in [0, 0.1) is 0 Å². The SMILES string of the molecule is CC1(NC(=O)OCC(c2ccc(Cl)c(-c3ncn(C(F)F)n3)c2)N2C(=O)[C@@H](c3ccc(-c4cnn(C(F)F)c4)cc3)N=C2N)CC1. The number of rotatable bonds is 10. The minimum Gasteiger partial charge on any atom is -0.447 e. The molecule has 1 unspecified atom stereocenters. The van der Waals surface area contributed by atoms with Gasteiger partial charge in [0, 0.05) is 22.9 Å². The average molecular weight is 660 g/mol. The number of guanidine groups is 1. The number of nitrogens with one attached hydrogen (secondary N) is 1. The third-order valence-electron chi connectivity index (χ3n) is 7.75. The van der Waals surface area contributed by atoms with Crippen LogP contribution in [0.2, 0.25) is 5.02 Å². The van der Waals surface area contributed by atoms with Crippen LogP contribution in [-0.2, 0) is 9.53 Å². The Bertz CT molecular complexity index is 1810. The van der Waals surface area contributed by atoms with Gasteiger partial charge in [-0.2, -0.15) is 27.3 Å². The minimum absolute atomic E-state index is 0.0855. The second kappa shape index (κ2) is 12.1. The van der Waals surface area contributed by atoms with E-state index in [1.807, 2.05) is 6.92 Å². The maximum atomic E-state index is 13.9. The highest BCUT2D eigenvalue weighted by Gasteiger charge is 2.42. The third-order valence-corrected chi connectivity index (χ3v) is 8.08. The van der Waals surface area contributed by atoms with E-state index in [1.165, 1.54) is 29.4 Å². The first kappa shape index (κ1) is 31.0. The standard InChI is InChI=1S/C29H26ClF4N9O3/c1-29(8-9-29)39-28(45)46-13-21(17-6-7-20(30)19(10-17)23-36-14-42(40-23)26(33)34)43-24(44)22(38-27(43)35)16-4-2-15(3-5-16)18-11-37-41(12-18)25(31)32/h2-7,10-12,14,21-22,25-26H,8-9,13H2,1H3,(H2,35,38)(H,39,45)/t21?,22-/m1/s1. The van der Waals surface area contributed by atoms with Crippen LogP contribution in [0.1, 0.15) is 56.1 Å². The summed E-state index contributed by atoms with van der Waals surface area (Å²) in [6, 6.07) is 9.02. The number of aliphatic imine (C=N–C) groups is 1. The van der Waals surface area contributed by atoms with E-state index in [-0.39, 0.29) is 34.5 Å². The van der Waals surface area contributed by atoms with Gasteiger partial charge < -0.3 is 15.8 Å². The predicted octanol–water partition coefficient (Wildman–Crippen LogP) is 5.47. The summed E-state index contributed by atoms with van der Waals surface area (Å²) >= 11 is 6.38. The van der Waals surface area contributed by atoms with Crippen LogP contribution in [0.15, 0.2) is 66.2 Å². The summed E-state index contributed by atoms with van der Waals surface area (Å²) in [4.78, 5) is 36.0. The van der Waals surface area contributed by atoms with Crippen molar-refractivity contribution in [2.24, 2.45) is 10.7 Å². The van der Waals surface area contributed by atoms with Crippen molar-refractivity contribution in [1.82, 2.24) is 34.8 Å². The molecule has 4 aromatic rings. The number of amides is 2. The first-order valence-corrected chi connectivity index (χ1v) is 14.3. The van der Waals surface area contributed by atoms with E-state index in [1.54, 1.807) is 30.3 Å². The van der Waals surface area contributed by atoms with Gasteiger partial charge in [0.05, 0.1) is 17.3 Å². The van der Waals surface area contributed by atoms with Gasteiger partial charge in [-0.05, 0) is 48.6 Å². The van der Waals surface area contributed by atoms with Crippen LogP contribution in [0.3, 0.4) is 0 Å². The van der Waals surface area contributed by atoms with Gasteiger partial charge in [0.25, 0.3) is 5.91 Å². The largest absolute Gasteiger partial charge is 0.447 e. The molecule has 1 aliphatic heterocycles. The van der Waals surface area contributed by atoms with Crippen LogP contribution >= 0.6 is 11.6 Å². The molecule has 2 amide bonds. The number of aromatic nitrogens is 5. The fourth-order valence-corrected chi connectivity index (χ4v) is 5.16. The van der Waals surface area contributed by atoms with Crippen LogP contribution in [0.4, 0.5) is 22.4 Å². The molecule has 1 saturated carbocycles. The smallest absolute Gasteiger partial charge is 0.407 e. The molecule has 3 N–H and O–H groups in total. The van der Waals surface area contributed by atoms with E-state index in [9.17, 15) is 27.2 Å². The summed E-state index contributed by atoms with van der Waals surface area (Å²) in [5, 5.41) is 10.4. The Labute approximate surface area is 263 Å². The van der Waals surface area contributed by atoms with Crippen molar-refractivity contribution in [3.63, 3.8) is 0 Å². The molecule has 0 spiro atoms. The number of alkyl carbamates (subject to hydrolysis) is 1. The first-order valence-electron chi connectivity index (χ1n) is 14.0. The molecule has 6 rings (SSSR count). The Morgan fingerprint density at radius 1 is 1.11 bits per heavy atom. The van der Waals surface area contributed by atoms with E-state index in [2.05, 4.69) is 25.5 Å². The summed E-state index contributed by atoms with van der Waals surface area (Å²) in [5.41, 5.74) is 8.03. The number of hydrogen-bond acceptors (Lipinski definition) is 8. The maximum absolute atomic E-state index is 13.9. The molecule has 2 aliphatic rings. The highest BCUT2D eigenvalue weighted by atomic mass is 35.5. The predicted molar refractivity (Wildman–Crippen MR) is 157 cm³/mol. The lowest BCUT2D eigenvalue weighted by atomic mass is 10.00. The first-order chi connectivity index (χ1) is 21.9. The van der Waals surface area contributed by atoms with Crippen molar-refractivity contribution in [3.05, 3.63) is 77.3 Å². The molecule has 0 radical (unpaired) electrons.